The number of hydrogen-bond donors (Lipinski definition) is 1. The smallest absolute Gasteiger partial charge is 0.287 e. The molecule has 1 fully saturated rings. The minimum Gasteiger partial charge on any atom is -0.316 e. The van der Waals surface area contributed by atoms with E-state index < -0.39 is 0 Å². The largest absolute Gasteiger partial charge is 0.316 e. The second-order valence-corrected chi connectivity index (χ2v) is 5.74. The number of piperidine rings is 1. The SMILES string of the molecule is CN(C)CCn1ncc(NN2CCCCC2)c(Cl)c1=O. The number of nitrogens with one attached hydrogen (secondary N) is 1. The Hall–Kier alpha value is -1.11. The van der Waals surface area contributed by atoms with E-state index in [1.807, 2.05) is 19.0 Å². The number of hydrogen-bond acceptors (Lipinski definition) is 5. The number of aromatic nitrogens is 2. The van der Waals surface area contributed by atoms with Crippen molar-refractivity contribution < 1.29 is 0 Å². The first-order chi connectivity index (χ1) is 9.58. The van der Waals surface area contributed by atoms with Gasteiger partial charge in [0.1, 0.15) is 5.02 Å². The van der Waals surface area contributed by atoms with Crippen LogP contribution >= 0.6 is 11.6 Å². The lowest BCUT2D eigenvalue weighted by Gasteiger charge is -2.28. The molecule has 0 unspecified atom stereocenters. The van der Waals surface area contributed by atoms with Crippen molar-refractivity contribution in [1.82, 2.24) is 19.7 Å². The molecule has 0 spiro atoms. The van der Waals surface area contributed by atoms with E-state index in [9.17, 15) is 4.79 Å². The van der Waals surface area contributed by atoms with E-state index in [1.54, 1.807) is 6.20 Å². The fourth-order valence-electron chi connectivity index (χ4n) is 2.17. The normalized spacial score (nSPS) is 16.6. The second-order valence-electron chi connectivity index (χ2n) is 5.36. The molecule has 0 atom stereocenters. The van der Waals surface area contributed by atoms with Crippen LogP contribution in [0, 0.1) is 0 Å². The van der Waals surface area contributed by atoms with Gasteiger partial charge in [-0.05, 0) is 26.9 Å². The van der Waals surface area contributed by atoms with Crippen LogP contribution < -0.4 is 11.0 Å². The van der Waals surface area contributed by atoms with Crippen LogP contribution in [0.4, 0.5) is 5.69 Å². The third kappa shape index (κ3) is 3.94. The molecule has 0 aliphatic carbocycles. The van der Waals surface area contributed by atoms with Gasteiger partial charge in [0.2, 0.25) is 0 Å². The fraction of sp³-hybridized carbons (Fsp3) is 0.692. The lowest BCUT2D eigenvalue weighted by Crippen LogP contribution is -2.36. The number of halogens is 1. The Kier molecular flexibility index (Phi) is 5.39. The Balaban J connectivity index is 2.07. The van der Waals surface area contributed by atoms with Crippen molar-refractivity contribution >= 4 is 17.3 Å². The number of anilines is 1. The molecule has 1 aliphatic heterocycles. The highest BCUT2D eigenvalue weighted by molar-refractivity contribution is 6.32. The molecule has 1 N–H and O–H groups in total. The van der Waals surface area contributed by atoms with E-state index in [2.05, 4.69) is 15.5 Å². The predicted octanol–water partition coefficient (Wildman–Crippen LogP) is 1.27. The van der Waals surface area contributed by atoms with E-state index in [0.717, 1.165) is 32.5 Å². The minimum absolute atomic E-state index is 0.212. The molecule has 1 aromatic heterocycles. The highest BCUT2D eigenvalue weighted by Gasteiger charge is 2.14. The summed E-state index contributed by atoms with van der Waals surface area (Å²) >= 11 is 6.16. The molecule has 0 aromatic carbocycles. The first-order valence-electron chi connectivity index (χ1n) is 7.00. The van der Waals surface area contributed by atoms with Gasteiger partial charge >= 0.3 is 0 Å². The topological polar surface area (TPSA) is 53.4 Å². The van der Waals surface area contributed by atoms with Crippen LogP contribution in [0.2, 0.25) is 5.02 Å². The lowest BCUT2D eigenvalue weighted by atomic mass is 10.2. The van der Waals surface area contributed by atoms with Crippen molar-refractivity contribution in [1.29, 1.82) is 0 Å². The van der Waals surface area contributed by atoms with Crippen LogP contribution in [-0.2, 0) is 6.54 Å². The van der Waals surface area contributed by atoms with Gasteiger partial charge < -0.3 is 10.3 Å². The van der Waals surface area contributed by atoms with Gasteiger partial charge in [-0.1, -0.05) is 18.0 Å². The molecule has 2 heterocycles. The van der Waals surface area contributed by atoms with Crippen LogP contribution in [0.1, 0.15) is 19.3 Å². The van der Waals surface area contributed by atoms with Crippen LogP contribution in [0.15, 0.2) is 11.0 Å². The van der Waals surface area contributed by atoms with E-state index in [-0.39, 0.29) is 10.6 Å². The van der Waals surface area contributed by atoms with Gasteiger partial charge in [0.15, 0.2) is 0 Å². The van der Waals surface area contributed by atoms with E-state index in [4.69, 9.17) is 11.6 Å². The summed E-state index contributed by atoms with van der Waals surface area (Å²) < 4.78 is 1.41. The molecule has 0 amide bonds. The Labute approximate surface area is 124 Å². The van der Waals surface area contributed by atoms with E-state index >= 15 is 0 Å². The first-order valence-corrected chi connectivity index (χ1v) is 7.37. The van der Waals surface area contributed by atoms with Crippen molar-refractivity contribution in [2.24, 2.45) is 0 Å². The van der Waals surface area contributed by atoms with E-state index in [1.165, 1.54) is 11.1 Å². The third-order valence-corrected chi connectivity index (χ3v) is 3.74. The molecular weight excluding hydrogens is 278 g/mol. The van der Waals surface area contributed by atoms with Crippen LogP contribution in [0.3, 0.4) is 0 Å². The summed E-state index contributed by atoms with van der Waals surface area (Å²) in [6.07, 6.45) is 5.22. The van der Waals surface area contributed by atoms with Crippen molar-refractivity contribution in [3.05, 3.63) is 21.6 Å². The van der Waals surface area contributed by atoms with Gasteiger partial charge in [-0.15, -0.1) is 0 Å². The molecule has 6 nitrogen and oxygen atoms in total. The van der Waals surface area contributed by atoms with Gasteiger partial charge in [-0.25, -0.2) is 9.69 Å². The van der Waals surface area contributed by atoms with Gasteiger partial charge in [0.25, 0.3) is 5.56 Å². The number of nitrogens with zero attached hydrogens (tertiary/aromatic N) is 4. The van der Waals surface area contributed by atoms with Gasteiger partial charge in [0.05, 0.1) is 18.4 Å². The maximum atomic E-state index is 12.1. The summed E-state index contributed by atoms with van der Waals surface area (Å²) in [4.78, 5) is 14.1. The maximum absolute atomic E-state index is 12.1. The minimum atomic E-state index is -0.240. The lowest BCUT2D eigenvalue weighted by molar-refractivity contribution is 0.273. The van der Waals surface area contributed by atoms with Crippen LogP contribution in [0.25, 0.3) is 0 Å². The molecule has 20 heavy (non-hydrogen) atoms. The molecule has 7 heteroatoms. The average Bonchev–Trinajstić information content (AvgIpc) is 2.44. The van der Waals surface area contributed by atoms with Gasteiger partial charge in [0, 0.05) is 19.6 Å². The second kappa shape index (κ2) is 7.06. The molecule has 2 rings (SSSR count). The van der Waals surface area contributed by atoms with Crippen LogP contribution in [-0.4, -0.2) is 53.4 Å². The Morgan fingerprint density at radius 2 is 2.05 bits per heavy atom. The van der Waals surface area contributed by atoms with Gasteiger partial charge in [-0.3, -0.25) is 4.79 Å². The van der Waals surface area contributed by atoms with Crippen molar-refractivity contribution in [2.45, 2.75) is 25.8 Å². The summed E-state index contributed by atoms with van der Waals surface area (Å²) in [7, 11) is 3.91. The number of likely N-dealkylation sites (N-methyl/N-ethyl adjacent to an activating group) is 1. The monoisotopic (exact) mass is 299 g/mol. The predicted molar refractivity (Wildman–Crippen MR) is 81.1 cm³/mol. The Morgan fingerprint density at radius 1 is 1.35 bits per heavy atom. The van der Waals surface area contributed by atoms with Gasteiger partial charge in [-0.2, -0.15) is 5.10 Å². The average molecular weight is 300 g/mol. The summed E-state index contributed by atoms with van der Waals surface area (Å²) in [5.74, 6) is 0. The summed E-state index contributed by atoms with van der Waals surface area (Å²) in [6.45, 7) is 3.23. The summed E-state index contributed by atoms with van der Waals surface area (Å²) in [5, 5.41) is 6.49. The molecular formula is C13H22ClN5O. The van der Waals surface area contributed by atoms with Crippen molar-refractivity contribution in [2.75, 3.05) is 39.2 Å². The zero-order chi connectivity index (χ0) is 14.5. The summed E-state index contributed by atoms with van der Waals surface area (Å²) in [6, 6.07) is 0. The fourth-order valence-corrected chi connectivity index (χ4v) is 2.36. The summed E-state index contributed by atoms with van der Waals surface area (Å²) in [5.41, 5.74) is 3.55. The Bertz CT molecular complexity index is 496. The number of hydrazine groups is 1. The molecule has 0 radical (unpaired) electrons. The van der Waals surface area contributed by atoms with Crippen LogP contribution in [0.5, 0.6) is 0 Å². The highest BCUT2D eigenvalue weighted by atomic mass is 35.5. The number of rotatable bonds is 5. The zero-order valence-electron chi connectivity index (χ0n) is 12.1. The maximum Gasteiger partial charge on any atom is 0.287 e. The molecule has 0 bridgehead atoms. The molecule has 1 saturated heterocycles. The first kappa shape index (κ1) is 15.3. The standard InChI is InChI=1S/C13H22ClN5O/c1-17(2)8-9-19-13(20)12(14)11(10-15-19)16-18-6-4-3-5-7-18/h10,16H,3-9H2,1-2H3. The zero-order valence-corrected chi connectivity index (χ0v) is 12.9. The molecule has 112 valence electrons. The Morgan fingerprint density at radius 3 is 2.70 bits per heavy atom. The molecule has 1 aromatic rings. The highest BCUT2D eigenvalue weighted by Crippen LogP contribution is 2.18. The molecule has 1 aliphatic rings. The van der Waals surface area contributed by atoms with Crippen molar-refractivity contribution in [3.63, 3.8) is 0 Å². The third-order valence-electron chi connectivity index (χ3n) is 3.38. The molecule has 0 saturated carbocycles. The van der Waals surface area contributed by atoms with E-state index in [0.29, 0.717) is 12.2 Å². The van der Waals surface area contributed by atoms with Crippen molar-refractivity contribution in [3.8, 4) is 0 Å². The quantitative estimate of drug-likeness (QED) is 0.887.